The molecule has 5 heteroatoms. The van der Waals surface area contributed by atoms with Gasteiger partial charge in [-0.2, -0.15) is 0 Å². The summed E-state index contributed by atoms with van der Waals surface area (Å²) in [5.41, 5.74) is 5.05. The lowest BCUT2D eigenvalue weighted by Crippen LogP contribution is -2.39. The second kappa shape index (κ2) is 4.95. The van der Waals surface area contributed by atoms with Crippen LogP contribution in [-0.4, -0.2) is 35.8 Å². The Labute approximate surface area is 129 Å². The maximum absolute atomic E-state index is 10.1. The van der Waals surface area contributed by atoms with Crippen molar-refractivity contribution in [1.82, 2.24) is 9.88 Å². The quantitative estimate of drug-likeness (QED) is 0.894. The summed E-state index contributed by atoms with van der Waals surface area (Å²) in [4.78, 5) is 5.80. The highest BCUT2D eigenvalue weighted by Gasteiger charge is 2.33. The Morgan fingerprint density at radius 1 is 1.18 bits per heavy atom. The zero-order chi connectivity index (χ0) is 15.3. The highest BCUT2D eigenvalue weighted by Crippen LogP contribution is 2.42. The molecular formula is C17H20N2O3. The molecule has 2 aliphatic rings. The van der Waals surface area contributed by atoms with E-state index in [1.165, 1.54) is 22.4 Å². The standard InChI is InChI=1S/C17H20N2O3/c1-21-16-6-10-3-4-19-9-13-11(7-17(18-13)22-2)5-14(19)12(10)8-15(16)20/h6-8,14,18,20H,3-5,9H2,1-2H3. The maximum Gasteiger partial charge on any atom is 0.190 e. The molecule has 3 heterocycles. The number of aromatic amines is 1. The molecule has 0 saturated carbocycles. The number of benzene rings is 1. The number of hydrogen-bond donors (Lipinski definition) is 2. The van der Waals surface area contributed by atoms with Crippen molar-refractivity contribution in [2.45, 2.75) is 25.4 Å². The minimum absolute atomic E-state index is 0.223. The first kappa shape index (κ1) is 13.5. The van der Waals surface area contributed by atoms with Crippen LogP contribution in [0.25, 0.3) is 0 Å². The molecule has 0 spiro atoms. The maximum atomic E-state index is 10.1. The molecule has 0 bridgehead atoms. The molecule has 0 radical (unpaired) electrons. The average Bonchev–Trinajstić information content (AvgIpc) is 2.94. The molecule has 0 saturated heterocycles. The summed E-state index contributed by atoms with van der Waals surface area (Å²) in [6.07, 6.45) is 1.92. The summed E-state index contributed by atoms with van der Waals surface area (Å²) in [6.45, 7) is 1.92. The van der Waals surface area contributed by atoms with E-state index >= 15 is 0 Å². The third-order valence-electron chi connectivity index (χ3n) is 4.87. The summed E-state index contributed by atoms with van der Waals surface area (Å²) < 4.78 is 10.5. The van der Waals surface area contributed by atoms with Crippen LogP contribution in [0.1, 0.15) is 28.4 Å². The Morgan fingerprint density at radius 2 is 2.05 bits per heavy atom. The first-order valence-corrected chi connectivity index (χ1v) is 7.58. The SMILES string of the molecule is COc1cc2c([nH]1)CN1CCc3cc(OC)c(O)cc3C1C2. The molecule has 1 atom stereocenters. The number of phenols is 1. The topological polar surface area (TPSA) is 57.7 Å². The molecule has 0 aliphatic carbocycles. The minimum atomic E-state index is 0.223. The van der Waals surface area contributed by atoms with Crippen molar-refractivity contribution in [2.24, 2.45) is 0 Å². The molecule has 22 heavy (non-hydrogen) atoms. The highest BCUT2D eigenvalue weighted by atomic mass is 16.5. The van der Waals surface area contributed by atoms with Gasteiger partial charge in [0.05, 0.1) is 14.2 Å². The molecule has 1 aromatic heterocycles. The predicted molar refractivity (Wildman–Crippen MR) is 82.6 cm³/mol. The summed E-state index contributed by atoms with van der Waals surface area (Å²) in [5.74, 6) is 1.61. The number of nitrogens with zero attached hydrogens (tertiary/aromatic N) is 1. The van der Waals surface area contributed by atoms with Gasteiger partial charge in [0, 0.05) is 30.9 Å². The van der Waals surface area contributed by atoms with E-state index in [4.69, 9.17) is 9.47 Å². The molecule has 4 rings (SSSR count). The van der Waals surface area contributed by atoms with Crippen molar-refractivity contribution in [3.63, 3.8) is 0 Å². The van der Waals surface area contributed by atoms with Crippen molar-refractivity contribution < 1.29 is 14.6 Å². The average molecular weight is 300 g/mol. The van der Waals surface area contributed by atoms with Crippen LogP contribution < -0.4 is 9.47 Å². The fourth-order valence-electron chi connectivity index (χ4n) is 3.72. The number of aromatic nitrogens is 1. The van der Waals surface area contributed by atoms with Crippen molar-refractivity contribution in [1.29, 1.82) is 0 Å². The molecule has 2 N–H and O–H groups in total. The first-order valence-electron chi connectivity index (χ1n) is 7.58. The fourth-order valence-corrected chi connectivity index (χ4v) is 3.72. The number of ether oxygens (including phenoxy) is 2. The lowest BCUT2D eigenvalue weighted by atomic mass is 9.86. The lowest BCUT2D eigenvalue weighted by Gasteiger charge is -2.40. The summed E-state index contributed by atoms with van der Waals surface area (Å²) in [7, 11) is 3.28. The smallest absolute Gasteiger partial charge is 0.190 e. The molecule has 0 fully saturated rings. The van der Waals surface area contributed by atoms with Gasteiger partial charge in [0.15, 0.2) is 17.4 Å². The summed E-state index contributed by atoms with van der Waals surface area (Å²) >= 11 is 0. The van der Waals surface area contributed by atoms with Crippen molar-refractivity contribution in [3.05, 3.63) is 40.6 Å². The Balaban J connectivity index is 1.74. The van der Waals surface area contributed by atoms with E-state index in [9.17, 15) is 5.11 Å². The first-order chi connectivity index (χ1) is 10.7. The van der Waals surface area contributed by atoms with Gasteiger partial charge in [-0.15, -0.1) is 0 Å². The highest BCUT2D eigenvalue weighted by molar-refractivity contribution is 5.49. The normalized spacial score (nSPS) is 20.0. The van der Waals surface area contributed by atoms with Crippen LogP contribution >= 0.6 is 0 Å². The van der Waals surface area contributed by atoms with Crippen LogP contribution in [0.15, 0.2) is 18.2 Å². The number of H-pyrrole nitrogens is 1. The molecule has 1 unspecified atom stereocenters. The van der Waals surface area contributed by atoms with Gasteiger partial charge < -0.3 is 19.6 Å². The lowest BCUT2D eigenvalue weighted by molar-refractivity contribution is 0.158. The summed E-state index contributed by atoms with van der Waals surface area (Å²) in [5, 5.41) is 10.1. The van der Waals surface area contributed by atoms with Gasteiger partial charge in [-0.1, -0.05) is 0 Å². The van der Waals surface area contributed by atoms with E-state index in [0.29, 0.717) is 11.8 Å². The molecule has 0 amide bonds. The molecule has 1 aromatic carbocycles. The van der Waals surface area contributed by atoms with Gasteiger partial charge >= 0.3 is 0 Å². The van der Waals surface area contributed by atoms with Crippen LogP contribution in [0, 0.1) is 0 Å². The Bertz CT molecular complexity index is 723. The van der Waals surface area contributed by atoms with E-state index in [0.717, 1.165) is 31.8 Å². The Hall–Kier alpha value is -2.14. The zero-order valence-corrected chi connectivity index (χ0v) is 12.8. The van der Waals surface area contributed by atoms with Crippen molar-refractivity contribution in [2.75, 3.05) is 20.8 Å². The third kappa shape index (κ3) is 1.96. The van der Waals surface area contributed by atoms with Crippen LogP contribution in [0.5, 0.6) is 17.4 Å². The number of rotatable bonds is 2. The van der Waals surface area contributed by atoms with Crippen LogP contribution in [-0.2, 0) is 19.4 Å². The van der Waals surface area contributed by atoms with E-state index in [2.05, 4.69) is 16.0 Å². The largest absolute Gasteiger partial charge is 0.504 e. The van der Waals surface area contributed by atoms with Gasteiger partial charge in [-0.25, -0.2) is 0 Å². The van der Waals surface area contributed by atoms with Crippen LogP contribution in [0.3, 0.4) is 0 Å². The number of fused-ring (bicyclic) bond motifs is 4. The molecule has 2 aromatic rings. The molecule has 5 nitrogen and oxygen atoms in total. The van der Waals surface area contributed by atoms with E-state index in [-0.39, 0.29) is 5.75 Å². The van der Waals surface area contributed by atoms with Gasteiger partial charge in [0.25, 0.3) is 0 Å². The van der Waals surface area contributed by atoms with Gasteiger partial charge in [-0.3, -0.25) is 4.90 Å². The number of nitrogens with one attached hydrogen (secondary N) is 1. The number of phenolic OH excluding ortho intramolecular Hbond substituents is 1. The van der Waals surface area contributed by atoms with Crippen LogP contribution in [0.2, 0.25) is 0 Å². The zero-order valence-electron chi connectivity index (χ0n) is 12.8. The van der Waals surface area contributed by atoms with E-state index in [1.807, 2.05) is 12.1 Å². The van der Waals surface area contributed by atoms with Crippen molar-refractivity contribution >= 4 is 0 Å². The van der Waals surface area contributed by atoms with Gasteiger partial charge in [0.2, 0.25) is 0 Å². The number of hydrogen-bond acceptors (Lipinski definition) is 4. The molecule has 116 valence electrons. The Kier molecular flexibility index (Phi) is 3.04. The van der Waals surface area contributed by atoms with Crippen molar-refractivity contribution in [3.8, 4) is 17.4 Å². The van der Waals surface area contributed by atoms with Gasteiger partial charge in [0.1, 0.15) is 0 Å². The Morgan fingerprint density at radius 3 is 2.82 bits per heavy atom. The fraction of sp³-hybridized carbons (Fsp3) is 0.412. The second-order valence-corrected chi connectivity index (χ2v) is 6.00. The predicted octanol–water partition coefficient (Wildman–Crippen LogP) is 2.39. The van der Waals surface area contributed by atoms with E-state index in [1.54, 1.807) is 14.2 Å². The second-order valence-electron chi connectivity index (χ2n) is 6.00. The van der Waals surface area contributed by atoms with Gasteiger partial charge in [-0.05, 0) is 41.7 Å². The van der Waals surface area contributed by atoms with Crippen LogP contribution in [0.4, 0.5) is 0 Å². The summed E-state index contributed by atoms with van der Waals surface area (Å²) in [6, 6.07) is 6.26. The monoisotopic (exact) mass is 300 g/mol. The third-order valence-corrected chi connectivity index (χ3v) is 4.87. The molecule has 2 aliphatic heterocycles. The number of aromatic hydroxyl groups is 1. The molecular weight excluding hydrogens is 280 g/mol. The minimum Gasteiger partial charge on any atom is -0.504 e. The van der Waals surface area contributed by atoms with E-state index < -0.39 is 0 Å². The number of methoxy groups -OCH3 is 2.